The van der Waals surface area contributed by atoms with E-state index >= 15 is 0 Å². The summed E-state index contributed by atoms with van der Waals surface area (Å²) in [5.74, 6) is -0.137. The summed E-state index contributed by atoms with van der Waals surface area (Å²) in [6, 6.07) is 8.43. The molecule has 2 heteroatoms. The third kappa shape index (κ3) is 9.34. The summed E-state index contributed by atoms with van der Waals surface area (Å²) in [4.78, 5) is 11.8. The van der Waals surface area contributed by atoms with Crippen molar-refractivity contribution in [2.45, 2.75) is 72.8 Å². The highest BCUT2D eigenvalue weighted by Gasteiger charge is 2.15. The minimum absolute atomic E-state index is 0.137. The Bertz CT molecular complexity index is 579. The zero-order chi connectivity index (χ0) is 18.2. The first-order valence-electron chi connectivity index (χ1n) is 8.77. The Balaban J connectivity index is 2.51. The summed E-state index contributed by atoms with van der Waals surface area (Å²) in [7, 11) is 0. The third-order valence-electron chi connectivity index (χ3n) is 3.52. The van der Waals surface area contributed by atoms with E-state index in [0.29, 0.717) is 6.42 Å². The van der Waals surface area contributed by atoms with Crippen LogP contribution in [0.2, 0.25) is 0 Å². The minimum Gasteiger partial charge on any atom is -0.460 e. The standard InChI is InChI=1S/C22H32O2/c1-17(2)8-7-9-18(3)16-20-12-10-19(11-13-20)14-15-21(23)24-22(4,5)6/h8,10-13,16H,7,9,14-15H2,1-6H3. The second-order valence-corrected chi connectivity index (χ2v) is 7.64. The molecule has 0 aliphatic carbocycles. The van der Waals surface area contributed by atoms with Crippen LogP contribution in [0.1, 0.15) is 71.9 Å². The van der Waals surface area contributed by atoms with Gasteiger partial charge in [0, 0.05) is 6.42 Å². The Kier molecular flexibility index (Phi) is 7.97. The van der Waals surface area contributed by atoms with E-state index in [-0.39, 0.29) is 5.97 Å². The number of hydrogen-bond acceptors (Lipinski definition) is 2. The summed E-state index contributed by atoms with van der Waals surface area (Å²) in [5.41, 5.74) is 4.73. The fourth-order valence-electron chi connectivity index (χ4n) is 2.36. The zero-order valence-electron chi connectivity index (χ0n) is 16.1. The summed E-state index contributed by atoms with van der Waals surface area (Å²) in [6.07, 6.45) is 7.84. The van der Waals surface area contributed by atoms with Crippen molar-refractivity contribution in [1.82, 2.24) is 0 Å². The van der Waals surface area contributed by atoms with Crippen molar-refractivity contribution in [3.63, 3.8) is 0 Å². The fraction of sp³-hybridized carbons (Fsp3) is 0.500. The van der Waals surface area contributed by atoms with E-state index in [9.17, 15) is 4.79 Å². The molecule has 2 nitrogen and oxygen atoms in total. The number of ether oxygens (including phenoxy) is 1. The van der Waals surface area contributed by atoms with Gasteiger partial charge in [-0.1, -0.05) is 47.6 Å². The zero-order valence-corrected chi connectivity index (χ0v) is 16.1. The van der Waals surface area contributed by atoms with Gasteiger partial charge in [0.1, 0.15) is 5.60 Å². The second-order valence-electron chi connectivity index (χ2n) is 7.64. The third-order valence-corrected chi connectivity index (χ3v) is 3.52. The molecule has 0 unspecified atom stereocenters. The maximum Gasteiger partial charge on any atom is 0.306 e. The van der Waals surface area contributed by atoms with Crippen molar-refractivity contribution in [2.24, 2.45) is 0 Å². The molecule has 132 valence electrons. The average Bonchev–Trinajstić information content (AvgIpc) is 2.44. The molecule has 0 bridgehead atoms. The van der Waals surface area contributed by atoms with Gasteiger partial charge < -0.3 is 4.74 Å². The van der Waals surface area contributed by atoms with Crippen LogP contribution in [0.4, 0.5) is 0 Å². The number of benzene rings is 1. The van der Waals surface area contributed by atoms with Crippen LogP contribution in [0.5, 0.6) is 0 Å². The Morgan fingerprint density at radius 3 is 2.21 bits per heavy atom. The lowest BCUT2D eigenvalue weighted by Gasteiger charge is -2.19. The van der Waals surface area contributed by atoms with Crippen molar-refractivity contribution >= 4 is 12.0 Å². The highest BCUT2D eigenvalue weighted by atomic mass is 16.6. The van der Waals surface area contributed by atoms with E-state index in [1.54, 1.807) is 0 Å². The monoisotopic (exact) mass is 328 g/mol. The normalized spacial score (nSPS) is 12.0. The average molecular weight is 328 g/mol. The number of esters is 1. The first kappa shape index (κ1) is 20.2. The Morgan fingerprint density at radius 1 is 1.04 bits per heavy atom. The predicted octanol–water partition coefficient (Wildman–Crippen LogP) is 6.11. The van der Waals surface area contributed by atoms with E-state index in [1.165, 1.54) is 22.3 Å². The molecule has 0 heterocycles. The largest absolute Gasteiger partial charge is 0.460 e. The molecule has 0 saturated carbocycles. The van der Waals surface area contributed by atoms with Crippen LogP contribution < -0.4 is 0 Å². The molecule has 0 spiro atoms. The van der Waals surface area contributed by atoms with Gasteiger partial charge in [-0.25, -0.2) is 0 Å². The van der Waals surface area contributed by atoms with Crippen LogP contribution in [-0.4, -0.2) is 11.6 Å². The van der Waals surface area contributed by atoms with E-state index < -0.39 is 5.60 Å². The second kappa shape index (κ2) is 9.46. The molecule has 0 aliphatic rings. The lowest BCUT2D eigenvalue weighted by molar-refractivity contribution is -0.154. The van der Waals surface area contributed by atoms with Crippen molar-refractivity contribution in [1.29, 1.82) is 0 Å². The van der Waals surface area contributed by atoms with E-state index in [2.05, 4.69) is 57.2 Å². The lowest BCUT2D eigenvalue weighted by atomic mass is 10.0. The smallest absolute Gasteiger partial charge is 0.306 e. The molecule has 0 N–H and O–H groups in total. The van der Waals surface area contributed by atoms with Gasteiger partial charge in [-0.2, -0.15) is 0 Å². The molecule has 0 saturated heterocycles. The topological polar surface area (TPSA) is 26.3 Å². The minimum atomic E-state index is -0.408. The lowest BCUT2D eigenvalue weighted by Crippen LogP contribution is -2.23. The van der Waals surface area contributed by atoms with Gasteiger partial charge in [0.05, 0.1) is 0 Å². The van der Waals surface area contributed by atoms with Crippen molar-refractivity contribution < 1.29 is 9.53 Å². The van der Waals surface area contributed by atoms with Gasteiger partial charge in [-0.3, -0.25) is 4.79 Å². The number of hydrogen-bond donors (Lipinski definition) is 0. The molecule has 0 fully saturated rings. The van der Waals surface area contributed by atoms with Crippen LogP contribution in [0.3, 0.4) is 0 Å². The highest BCUT2D eigenvalue weighted by Crippen LogP contribution is 2.15. The van der Waals surface area contributed by atoms with E-state index in [1.807, 2.05) is 20.8 Å². The molecule has 0 aromatic heterocycles. The summed E-state index contributed by atoms with van der Waals surface area (Å²) in [5, 5.41) is 0. The van der Waals surface area contributed by atoms with E-state index in [0.717, 1.165) is 19.3 Å². The molecule has 1 aromatic carbocycles. The summed E-state index contributed by atoms with van der Waals surface area (Å²) >= 11 is 0. The van der Waals surface area contributed by atoms with E-state index in [4.69, 9.17) is 4.74 Å². The van der Waals surface area contributed by atoms with Crippen LogP contribution in [0.25, 0.3) is 6.08 Å². The molecule has 0 atom stereocenters. The van der Waals surface area contributed by atoms with Crippen LogP contribution >= 0.6 is 0 Å². The fourth-order valence-corrected chi connectivity index (χ4v) is 2.36. The first-order chi connectivity index (χ1) is 11.2. The quantitative estimate of drug-likeness (QED) is 0.446. The number of rotatable bonds is 7. The molecule has 1 aromatic rings. The first-order valence-corrected chi connectivity index (χ1v) is 8.77. The molecule has 0 aliphatic heterocycles. The molecule has 24 heavy (non-hydrogen) atoms. The van der Waals surface area contributed by atoms with Gasteiger partial charge in [-0.15, -0.1) is 0 Å². The number of carbonyl (C=O) groups is 1. The van der Waals surface area contributed by atoms with Crippen molar-refractivity contribution in [3.05, 3.63) is 52.6 Å². The maximum atomic E-state index is 11.8. The highest BCUT2D eigenvalue weighted by molar-refractivity contribution is 5.70. The molecule has 1 rings (SSSR count). The van der Waals surface area contributed by atoms with Crippen LogP contribution in [0, 0.1) is 0 Å². The van der Waals surface area contributed by atoms with Gasteiger partial charge in [0.2, 0.25) is 0 Å². The molecule has 0 radical (unpaired) electrons. The molecule has 0 amide bonds. The van der Waals surface area contributed by atoms with Crippen LogP contribution in [-0.2, 0) is 16.0 Å². The molecular formula is C22H32O2. The van der Waals surface area contributed by atoms with Gasteiger partial charge >= 0.3 is 5.97 Å². The Labute approximate surface area is 147 Å². The number of aryl methyl sites for hydroxylation is 1. The van der Waals surface area contributed by atoms with Crippen molar-refractivity contribution in [2.75, 3.05) is 0 Å². The van der Waals surface area contributed by atoms with Gasteiger partial charge in [0.15, 0.2) is 0 Å². The predicted molar refractivity (Wildman–Crippen MR) is 103 cm³/mol. The Hall–Kier alpha value is -1.83. The Morgan fingerprint density at radius 2 is 1.67 bits per heavy atom. The maximum absolute atomic E-state index is 11.8. The SMILES string of the molecule is CC(C)=CCCC(C)=Cc1ccc(CCC(=O)OC(C)(C)C)cc1. The van der Waals surface area contributed by atoms with Gasteiger partial charge in [-0.05, 0) is 71.9 Å². The summed E-state index contributed by atoms with van der Waals surface area (Å²) in [6.45, 7) is 12.1. The van der Waals surface area contributed by atoms with Crippen molar-refractivity contribution in [3.8, 4) is 0 Å². The number of allylic oxidation sites excluding steroid dienone is 3. The molecular weight excluding hydrogens is 296 g/mol. The van der Waals surface area contributed by atoms with Gasteiger partial charge in [0.25, 0.3) is 0 Å². The summed E-state index contributed by atoms with van der Waals surface area (Å²) < 4.78 is 5.34. The van der Waals surface area contributed by atoms with Crippen LogP contribution in [0.15, 0.2) is 41.5 Å². The number of carbonyl (C=O) groups excluding carboxylic acids is 1.